The molecule has 1 N–H and O–H groups in total. The van der Waals surface area contributed by atoms with Crippen molar-refractivity contribution >= 4 is 39.3 Å². The Hall–Kier alpha value is -1.69. The van der Waals surface area contributed by atoms with Gasteiger partial charge in [-0.15, -0.1) is 0 Å². The number of anilines is 1. The number of fused-ring (bicyclic) bond motifs is 2. The van der Waals surface area contributed by atoms with E-state index in [1.54, 1.807) is 31.2 Å². The number of alkyl halides is 1. The summed E-state index contributed by atoms with van der Waals surface area (Å²) in [6, 6.07) is 6.62. The Bertz CT molecular complexity index is 773. The van der Waals surface area contributed by atoms with Gasteiger partial charge in [-0.05, 0) is 49.4 Å². The summed E-state index contributed by atoms with van der Waals surface area (Å²) in [5.41, 5.74) is -0.683. The molecule has 1 amide bonds. The third kappa shape index (κ3) is 2.30. The van der Waals surface area contributed by atoms with Crippen molar-refractivity contribution < 1.29 is 19.1 Å². The van der Waals surface area contributed by atoms with Gasteiger partial charge in [-0.2, -0.15) is 0 Å². The number of hydrogen-bond donors (Lipinski definition) is 1. The molecule has 0 heterocycles. The van der Waals surface area contributed by atoms with Gasteiger partial charge >= 0.3 is 5.97 Å². The van der Waals surface area contributed by atoms with Crippen LogP contribution < -0.4 is 5.32 Å². The van der Waals surface area contributed by atoms with Gasteiger partial charge in [0.1, 0.15) is 0 Å². The first kappa shape index (κ1) is 19.1. The highest BCUT2D eigenvalue weighted by atomic mass is 79.9. The lowest BCUT2D eigenvalue weighted by atomic mass is 9.64. The van der Waals surface area contributed by atoms with Gasteiger partial charge < -0.3 is 10.1 Å². The highest BCUT2D eigenvalue weighted by Crippen LogP contribution is 2.72. The molecule has 2 bridgehead atoms. The van der Waals surface area contributed by atoms with Crippen molar-refractivity contribution in [1.82, 2.24) is 0 Å². The minimum Gasteiger partial charge on any atom is -0.462 e. The summed E-state index contributed by atoms with van der Waals surface area (Å²) in [5, 5.41) is 2.95. The number of ether oxygens (including phenoxy) is 1. The molecule has 0 spiro atoms. The zero-order valence-electron chi connectivity index (χ0n) is 15.5. The number of carbonyl (C=O) groups is 3. The van der Waals surface area contributed by atoms with Gasteiger partial charge in [0.15, 0.2) is 5.78 Å². The molecule has 0 radical (unpaired) electrons. The van der Waals surface area contributed by atoms with E-state index in [2.05, 4.69) is 21.2 Å². The summed E-state index contributed by atoms with van der Waals surface area (Å²) < 4.78 is 4.96. The molecule has 1 aromatic carbocycles. The van der Waals surface area contributed by atoms with Gasteiger partial charge in [0.05, 0.1) is 22.4 Å². The largest absolute Gasteiger partial charge is 0.462 e. The first-order chi connectivity index (χ1) is 12.1. The molecule has 0 saturated heterocycles. The number of rotatable bonds is 4. The predicted octanol–water partition coefficient (Wildman–Crippen LogP) is 3.96. The number of nitrogens with one attached hydrogen (secondary N) is 1. The number of benzene rings is 1. The van der Waals surface area contributed by atoms with Gasteiger partial charge in [-0.1, -0.05) is 36.7 Å². The summed E-state index contributed by atoms with van der Waals surface area (Å²) in [6.07, 6.45) is 1.39. The molecule has 1 aromatic rings. The maximum atomic E-state index is 13.2. The zero-order chi connectivity index (χ0) is 19.3. The summed E-state index contributed by atoms with van der Waals surface area (Å²) in [7, 11) is 0. The molecule has 0 unspecified atom stereocenters. The molecule has 2 aliphatic carbocycles. The van der Waals surface area contributed by atoms with Crippen LogP contribution in [0.25, 0.3) is 0 Å². The topological polar surface area (TPSA) is 72.5 Å². The van der Waals surface area contributed by atoms with Gasteiger partial charge in [0.25, 0.3) is 0 Å². The van der Waals surface area contributed by atoms with E-state index in [4.69, 9.17) is 4.74 Å². The van der Waals surface area contributed by atoms with Crippen LogP contribution in [-0.2, 0) is 14.3 Å². The molecule has 0 aliphatic heterocycles. The van der Waals surface area contributed by atoms with Crippen molar-refractivity contribution in [2.24, 2.45) is 16.2 Å². The maximum Gasteiger partial charge on any atom is 0.338 e. The molecule has 3 atom stereocenters. The summed E-state index contributed by atoms with van der Waals surface area (Å²) in [5.74, 6) is -0.428. The number of Topliss-reactive ketones (excluding diaryl/α,β-unsaturated/α-hetero) is 1. The summed E-state index contributed by atoms with van der Waals surface area (Å²) in [4.78, 5) is 37.3. The van der Waals surface area contributed by atoms with Gasteiger partial charge in [0, 0.05) is 11.1 Å². The van der Waals surface area contributed by atoms with E-state index in [1.165, 1.54) is 0 Å². The van der Waals surface area contributed by atoms with Crippen LogP contribution in [0.1, 0.15) is 50.9 Å². The van der Waals surface area contributed by atoms with Crippen molar-refractivity contribution in [3.05, 3.63) is 29.8 Å². The van der Waals surface area contributed by atoms with Crippen LogP contribution in [0, 0.1) is 16.2 Å². The van der Waals surface area contributed by atoms with Crippen LogP contribution in [0.4, 0.5) is 5.69 Å². The van der Waals surface area contributed by atoms with Crippen LogP contribution >= 0.6 is 15.9 Å². The Morgan fingerprint density at radius 2 is 1.81 bits per heavy atom. The molecule has 6 heteroatoms. The molecular formula is C20H24BrNO4. The quantitative estimate of drug-likeness (QED) is 0.589. The smallest absolute Gasteiger partial charge is 0.338 e. The Kier molecular flexibility index (Phi) is 4.54. The minimum absolute atomic E-state index is 0.113. The first-order valence-electron chi connectivity index (χ1n) is 8.89. The average molecular weight is 422 g/mol. The molecule has 5 nitrogen and oxygen atoms in total. The van der Waals surface area contributed by atoms with E-state index in [0.717, 1.165) is 6.42 Å². The zero-order valence-corrected chi connectivity index (χ0v) is 17.1. The number of carbonyl (C=O) groups excluding carboxylic acids is 3. The predicted molar refractivity (Wildman–Crippen MR) is 102 cm³/mol. The van der Waals surface area contributed by atoms with Crippen molar-refractivity contribution in [1.29, 1.82) is 0 Å². The number of esters is 1. The number of halogens is 1. The Morgan fingerprint density at radius 1 is 1.19 bits per heavy atom. The summed E-state index contributed by atoms with van der Waals surface area (Å²) >= 11 is 3.52. The number of hydrogen-bond acceptors (Lipinski definition) is 4. The third-order valence-electron chi connectivity index (χ3n) is 6.78. The van der Waals surface area contributed by atoms with Crippen LogP contribution in [-0.4, -0.2) is 29.1 Å². The fourth-order valence-corrected chi connectivity index (χ4v) is 6.12. The molecule has 0 aromatic heterocycles. The van der Waals surface area contributed by atoms with E-state index >= 15 is 0 Å². The highest BCUT2D eigenvalue weighted by molar-refractivity contribution is 9.10. The minimum atomic E-state index is -0.779. The van der Waals surface area contributed by atoms with E-state index in [1.807, 2.05) is 20.8 Å². The second kappa shape index (κ2) is 6.19. The average Bonchev–Trinajstić information content (AvgIpc) is 2.87. The lowest BCUT2D eigenvalue weighted by Gasteiger charge is -2.39. The fraction of sp³-hybridized carbons (Fsp3) is 0.550. The second-order valence-electron chi connectivity index (χ2n) is 7.91. The number of ketones is 1. The molecule has 2 fully saturated rings. The Labute approximate surface area is 162 Å². The lowest BCUT2D eigenvalue weighted by molar-refractivity contribution is -0.130. The van der Waals surface area contributed by atoms with Crippen LogP contribution in [0.2, 0.25) is 0 Å². The maximum absolute atomic E-state index is 13.2. The normalized spacial score (nSPS) is 31.7. The van der Waals surface area contributed by atoms with E-state index in [-0.39, 0.29) is 11.7 Å². The van der Waals surface area contributed by atoms with Crippen LogP contribution in [0.5, 0.6) is 0 Å². The Balaban J connectivity index is 1.84. The van der Waals surface area contributed by atoms with Gasteiger partial charge in [-0.3, -0.25) is 9.59 Å². The van der Waals surface area contributed by atoms with Crippen molar-refractivity contribution in [3.8, 4) is 0 Å². The third-order valence-corrected chi connectivity index (χ3v) is 7.98. The van der Waals surface area contributed by atoms with Gasteiger partial charge in [-0.25, -0.2) is 4.79 Å². The molecule has 3 rings (SSSR count). The Morgan fingerprint density at radius 3 is 2.31 bits per heavy atom. The van der Waals surface area contributed by atoms with E-state index in [0.29, 0.717) is 24.3 Å². The number of amides is 1. The van der Waals surface area contributed by atoms with Crippen LogP contribution in [0.3, 0.4) is 0 Å². The van der Waals surface area contributed by atoms with Crippen LogP contribution in [0.15, 0.2) is 24.3 Å². The molecule has 2 aliphatic rings. The standard InChI is InChI=1S/C20H24BrNO4/c1-5-26-16(24)12-6-8-13(9-7-12)22-17(25)20-11-10-19(4,18(20,2)3)15(23)14(20)21/h6-9,14H,5,10-11H2,1-4H3,(H,22,25)/t14-,19-,20+/m0/s1. The van der Waals surface area contributed by atoms with E-state index in [9.17, 15) is 14.4 Å². The van der Waals surface area contributed by atoms with Crippen molar-refractivity contribution in [2.45, 2.75) is 45.4 Å². The summed E-state index contributed by atoms with van der Waals surface area (Å²) in [6.45, 7) is 8.07. The molecule has 140 valence electrons. The second-order valence-corrected chi connectivity index (χ2v) is 8.82. The first-order valence-corrected chi connectivity index (χ1v) is 9.80. The monoisotopic (exact) mass is 421 g/mol. The lowest BCUT2D eigenvalue weighted by Crippen LogP contribution is -2.47. The molecule has 2 saturated carbocycles. The molecule has 26 heavy (non-hydrogen) atoms. The van der Waals surface area contributed by atoms with Crippen molar-refractivity contribution in [3.63, 3.8) is 0 Å². The van der Waals surface area contributed by atoms with E-state index < -0.39 is 27.0 Å². The van der Waals surface area contributed by atoms with Crippen molar-refractivity contribution in [2.75, 3.05) is 11.9 Å². The molecular weight excluding hydrogens is 398 g/mol. The fourth-order valence-electron chi connectivity index (χ4n) is 4.60. The SMILES string of the molecule is CCOC(=O)c1ccc(NC(=O)[C@@]23CC[C@@](C)(C(=O)[C@@H]2Br)C3(C)C)cc1. The van der Waals surface area contributed by atoms with Gasteiger partial charge in [0.2, 0.25) is 5.91 Å². The highest BCUT2D eigenvalue weighted by Gasteiger charge is 2.76.